The summed E-state index contributed by atoms with van der Waals surface area (Å²) >= 11 is 0. The van der Waals surface area contributed by atoms with Gasteiger partial charge in [-0.05, 0) is 60.5 Å². The maximum absolute atomic E-state index is 12.6. The van der Waals surface area contributed by atoms with E-state index in [2.05, 4.69) is 12.2 Å². The number of anilines is 1. The third kappa shape index (κ3) is 4.83. The maximum atomic E-state index is 12.6. The Morgan fingerprint density at radius 2 is 1.77 bits per heavy atom. The zero-order valence-electron chi connectivity index (χ0n) is 17.3. The minimum Gasteiger partial charge on any atom is -0.494 e. The molecule has 0 aliphatic rings. The first-order chi connectivity index (χ1) is 15.1. The Labute approximate surface area is 180 Å². The third-order valence-electron chi connectivity index (χ3n) is 4.96. The maximum Gasteiger partial charge on any atom is 0.344 e. The summed E-state index contributed by atoms with van der Waals surface area (Å²) in [5, 5.41) is 3.72. The van der Waals surface area contributed by atoms with Crippen LogP contribution >= 0.6 is 0 Å². The molecule has 4 rings (SSSR count). The summed E-state index contributed by atoms with van der Waals surface area (Å²) in [6.07, 6.45) is 2.06. The van der Waals surface area contributed by atoms with Crippen molar-refractivity contribution in [2.24, 2.45) is 0 Å². The fourth-order valence-electron chi connectivity index (χ4n) is 3.27. The smallest absolute Gasteiger partial charge is 0.344 e. The van der Waals surface area contributed by atoms with E-state index in [0.29, 0.717) is 34.6 Å². The molecule has 1 N–H and O–H groups in total. The number of rotatable bonds is 7. The molecule has 4 aromatic rings. The molecule has 1 heterocycles. The largest absolute Gasteiger partial charge is 0.494 e. The number of carbonyl (C=O) groups is 1. The minimum absolute atomic E-state index is 0.234. The molecule has 0 spiro atoms. The van der Waals surface area contributed by atoms with Crippen molar-refractivity contribution in [2.75, 3.05) is 11.9 Å². The quantitative estimate of drug-likeness (QED) is 0.303. The number of benzene rings is 3. The number of amides is 1. The van der Waals surface area contributed by atoms with Crippen LogP contribution < -0.4 is 15.7 Å². The number of ether oxygens (including phenoxy) is 1. The Hall–Kier alpha value is -3.86. The lowest BCUT2D eigenvalue weighted by molar-refractivity contribution is 0.102. The molecule has 5 heteroatoms. The van der Waals surface area contributed by atoms with Crippen LogP contribution in [-0.4, -0.2) is 12.5 Å². The summed E-state index contributed by atoms with van der Waals surface area (Å²) in [6, 6.07) is 23.4. The Kier molecular flexibility index (Phi) is 6.13. The van der Waals surface area contributed by atoms with Gasteiger partial charge in [-0.2, -0.15) is 0 Å². The van der Waals surface area contributed by atoms with Gasteiger partial charge in [0.05, 0.1) is 12.2 Å². The van der Waals surface area contributed by atoms with Crippen molar-refractivity contribution in [2.45, 2.75) is 19.8 Å². The number of hydrogen-bond acceptors (Lipinski definition) is 4. The van der Waals surface area contributed by atoms with E-state index in [1.54, 1.807) is 54.6 Å². The van der Waals surface area contributed by atoms with Crippen LogP contribution in [0.5, 0.6) is 5.75 Å². The van der Waals surface area contributed by atoms with Crippen LogP contribution in [0.25, 0.3) is 22.1 Å². The summed E-state index contributed by atoms with van der Waals surface area (Å²) in [5.41, 5.74) is 2.38. The fraction of sp³-hybridized carbons (Fsp3) is 0.154. The van der Waals surface area contributed by atoms with Crippen LogP contribution in [0.2, 0.25) is 0 Å². The SMILES string of the molecule is CCCCOc1ccc(C(=O)Nc2cccc(-c3cc4ccccc4oc3=O)c2)cc1. The van der Waals surface area contributed by atoms with Gasteiger partial charge in [0.25, 0.3) is 5.91 Å². The van der Waals surface area contributed by atoms with Crippen molar-refractivity contribution in [1.82, 2.24) is 0 Å². The van der Waals surface area contributed by atoms with Crippen LogP contribution in [0, 0.1) is 0 Å². The van der Waals surface area contributed by atoms with Crippen LogP contribution in [-0.2, 0) is 0 Å². The molecule has 31 heavy (non-hydrogen) atoms. The van der Waals surface area contributed by atoms with Crippen LogP contribution in [0.15, 0.2) is 88.1 Å². The molecule has 0 aliphatic carbocycles. The van der Waals surface area contributed by atoms with E-state index >= 15 is 0 Å². The van der Waals surface area contributed by atoms with E-state index in [1.807, 2.05) is 24.3 Å². The van der Waals surface area contributed by atoms with Gasteiger partial charge >= 0.3 is 5.63 Å². The molecule has 3 aromatic carbocycles. The van der Waals surface area contributed by atoms with Gasteiger partial charge in [-0.25, -0.2) is 4.79 Å². The number of para-hydroxylation sites is 1. The first-order valence-electron chi connectivity index (χ1n) is 10.3. The average molecular weight is 413 g/mol. The van der Waals surface area contributed by atoms with Gasteiger partial charge < -0.3 is 14.5 Å². The Morgan fingerprint density at radius 3 is 2.58 bits per heavy atom. The lowest BCUT2D eigenvalue weighted by Crippen LogP contribution is -2.12. The molecule has 1 amide bonds. The molecule has 0 bridgehead atoms. The second kappa shape index (κ2) is 9.30. The van der Waals surface area contributed by atoms with Gasteiger partial charge in [-0.3, -0.25) is 4.79 Å². The number of carbonyl (C=O) groups excluding carboxylic acids is 1. The monoisotopic (exact) mass is 413 g/mol. The number of unbranched alkanes of at least 4 members (excludes halogenated alkanes) is 1. The highest BCUT2D eigenvalue weighted by Gasteiger charge is 2.10. The molecule has 5 nitrogen and oxygen atoms in total. The Bertz CT molecular complexity index is 1260. The normalized spacial score (nSPS) is 10.7. The number of nitrogens with one attached hydrogen (secondary N) is 1. The van der Waals surface area contributed by atoms with Crippen molar-refractivity contribution < 1.29 is 13.9 Å². The predicted molar refractivity (Wildman–Crippen MR) is 123 cm³/mol. The lowest BCUT2D eigenvalue weighted by atomic mass is 10.1. The number of fused-ring (bicyclic) bond motifs is 1. The summed E-state index contributed by atoms with van der Waals surface area (Å²) in [6.45, 7) is 2.77. The second-order valence-corrected chi connectivity index (χ2v) is 7.25. The first kappa shape index (κ1) is 20.4. The van der Waals surface area contributed by atoms with Crippen molar-refractivity contribution in [1.29, 1.82) is 0 Å². The van der Waals surface area contributed by atoms with E-state index < -0.39 is 5.63 Å². The Morgan fingerprint density at radius 1 is 0.968 bits per heavy atom. The van der Waals surface area contributed by atoms with Crippen LogP contribution in [0.4, 0.5) is 5.69 Å². The van der Waals surface area contributed by atoms with E-state index in [9.17, 15) is 9.59 Å². The molecular formula is C26H23NO4. The minimum atomic E-state index is -0.416. The zero-order valence-corrected chi connectivity index (χ0v) is 17.3. The van der Waals surface area contributed by atoms with Crippen molar-refractivity contribution >= 4 is 22.6 Å². The van der Waals surface area contributed by atoms with Gasteiger partial charge in [0, 0.05) is 16.6 Å². The highest BCUT2D eigenvalue weighted by molar-refractivity contribution is 6.04. The van der Waals surface area contributed by atoms with Crippen LogP contribution in [0.1, 0.15) is 30.1 Å². The molecular weight excluding hydrogens is 390 g/mol. The summed E-state index contributed by atoms with van der Waals surface area (Å²) in [7, 11) is 0. The molecule has 0 saturated heterocycles. The van der Waals surface area contributed by atoms with Gasteiger partial charge in [-0.1, -0.05) is 43.7 Å². The summed E-state index contributed by atoms with van der Waals surface area (Å²) in [4.78, 5) is 25.1. The molecule has 156 valence electrons. The topological polar surface area (TPSA) is 68.5 Å². The van der Waals surface area contributed by atoms with E-state index in [0.717, 1.165) is 24.0 Å². The average Bonchev–Trinajstić information content (AvgIpc) is 2.79. The molecule has 0 fully saturated rings. The van der Waals surface area contributed by atoms with Crippen molar-refractivity contribution in [3.63, 3.8) is 0 Å². The molecule has 1 aromatic heterocycles. The summed E-state index contributed by atoms with van der Waals surface area (Å²) in [5.74, 6) is 0.512. The molecule has 0 atom stereocenters. The van der Waals surface area contributed by atoms with Crippen LogP contribution in [0.3, 0.4) is 0 Å². The highest BCUT2D eigenvalue weighted by atomic mass is 16.5. The predicted octanol–water partition coefficient (Wildman–Crippen LogP) is 5.89. The number of hydrogen-bond donors (Lipinski definition) is 1. The zero-order chi connectivity index (χ0) is 21.6. The lowest BCUT2D eigenvalue weighted by Gasteiger charge is -2.09. The first-order valence-corrected chi connectivity index (χ1v) is 10.3. The van der Waals surface area contributed by atoms with Gasteiger partial charge in [0.1, 0.15) is 11.3 Å². The van der Waals surface area contributed by atoms with Gasteiger partial charge in [0.2, 0.25) is 0 Å². The Balaban J connectivity index is 1.52. The highest BCUT2D eigenvalue weighted by Crippen LogP contribution is 2.24. The van der Waals surface area contributed by atoms with E-state index in [4.69, 9.17) is 9.15 Å². The second-order valence-electron chi connectivity index (χ2n) is 7.25. The van der Waals surface area contributed by atoms with Crippen molar-refractivity contribution in [3.05, 3.63) is 94.8 Å². The molecule has 0 saturated carbocycles. The van der Waals surface area contributed by atoms with E-state index in [-0.39, 0.29) is 5.91 Å². The third-order valence-corrected chi connectivity index (χ3v) is 4.96. The molecule has 0 radical (unpaired) electrons. The fourth-order valence-corrected chi connectivity index (χ4v) is 3.27. The summed E-state index contributed by atoms with van der Waals surface area (Å²) < 4.78 is 11.1. The van der Waals surface area contributed by atoms with E-state index in [1.165, 1.54) is 0 Å². The standard InChI is InChI=1S/C26H23NO4/c1-2-3-15-30-22-13-11-18(12-14-22)25(28)27-21-9-6-8-19(16-21)23-17-20-7-4-5-10-24(20)31-26(23)29/h4-14,16-17H,2-3,15H2,1H3,(H,27,28). The molecule has 0 unspecified atom stereocenters. The van der Waals surface area contributed by atoms with Gasteiger partial charge in [0.15, 0.2) is 0 Å². The molecule has 0 aliphatic heterocycles. The van der Waals surface area contributed by atoms with Gasteiger partial charge in [-0.15, -0.1) is 0 Å². The van der Waals surface area contributed by atoms with Crippen molar-refractivity contribution in [3.8, 4) is 16.9 Å².